The molecule has 0 unspecified atom stereocenters. The summed E-state index contributed by atoms with van der Waals surface area (Å²) in [5.74, 6) is 0.671. The van der Waals surface area contributed by atoms with Crippen LogP contribution in [0, 0.1) is 11.3 Å². The molecule has 0 amide bonds. The first kappa shape index (κ1) is 25.0. The van der Waals surface area contributed by atoms with Gasteiger partial charge in [0.1, 0.15) is 31.4 Å². The minimum absolute atomic E-state index is 0.0189. The molecule has 12 heteroatoms. The Hall–Kier alpha value is 0.414. The summed E-state index contributed by atoms with van der Waals surface area (Å²) in [7, 11) is 27.2. The first-order chi connectivity index (χ1) is 13.1. The molecule has 3 rings (SSSR count). The fraction of sp³-hybridized carbons (Fsp3) is 0.889. The van der Waals surface area contributed by atoms with E-state index in [0.717, 1.165) is 0 Å². The minimum atomic E-state index is -0.121. The second-order valence-corrected chi connectivity index (χ2v) is 15.4. The van der Waals surface area contributed by atoms with Crippen LogP contribution >= 0.6 is 0 Å². The predicted octanol–water partition coefficient (Wildman–Crippen LogP) is -5.83. The van der Waals surface area contributed by atoms with Crippen molar-refractivity contribution in [2.24, 2.45) is 11.3 Å². The molecule has 2 aliphatic carbocycles. The Kier molecular flexibility index (Phi) is 5.43. The zero-order valence-corrected chi connectivity index (χ0v) is 22.9. The summed E-state index contributed by atoms with van der Waals surface area (Å²) in [6.45, 7) is 7.26. The third kappa shape index (κ3) is 3.14. The number of hydrogen-bond acceptors (Lipinski definition) is 1. The molecule has 1 heterocycles. The highest BCUT2D eigenvalue weighted by Crippen LogP contribution is 2.74. The van der Waals surface area contributed by atoms with E-state index in [1.165, 1.54) is 25.7 Å². The Bertz CT molecular complexity index is 767. The number of fused-ring (bicyclic) bond motifs is 1. The lowest BCUT2D eigenvalue weighted by Gasteiger charge is -2.66. The Labute approximate surface area is 197 Å². The summed E-state index contributed by atoms with van der Waals surface area (Å²) in [4.78, 5) is 0. The molecule has 0 N–H and O–H groups in total. The largest absolute Gasteiger partial charge is 0.364 e. The highest BCUT2D eigenvalue weighted by molar-refractivity contribution is 6.72. The highest BCUT2D eigenvalue weighted by atomic mass is 16.5. The SMILES string of the molecule is BC1(B)C=C(C(B)(B)C(B)(B)C(B)(B)C(B)(B)B)[C@@]23C[C@@H](CC[C@]2(C)C1)C(C)(C)O3. The third-order valence-corrected chi connectivity index (χ3v) is 11.5. The molecular weight excluding hydrogens is 351 g/mol. The number of hydrogen-bond donors (Lipinski definition) is 0. The second-order valence-electron chi connectivity index (χ2n) is 15.4. The fourth-order valence-electron chi connectivity index (χ4n) is 7.71. The first-order valence-corrected chi connectivity index (χ1v) is 12.5. The normalized spacial score (nSPS) is 36.0. The van der Waals surface area contributed by atoms with E-state index in [-0.39, 0.29) is 42.6 Å². The Morgan fingerprint density at radius 1 is 0.900 bits per heavy atom. The van der Waals surface area contributed by atoms with E-state index in [4.69, 9.17) is 4.74 Å². The molecule has 2 fully saturated rings. The van der Waals surface area contributed by atoms with Crippen LogP contribution in [0.25, 0.3) is 0 Å². The molecule has 2 bridgehead atoms. The van der Waals surface area contributed by atoms with Crippen LogP contribution in [0.5, 0.6) is 0 Å². The fourth-order valence-corrected chi connectivity index (χ4v) is 7.71. The topological polar surface area (TPSA) is 9.23 Å². The van der Waals surface area contributed by atoms with Crippen molar-refractivity contribution in [1.82, 2.24) is 0 Å². The molecule has 1 saturated heterocycles. The molecule has 3 aliphatic rings. The Morgan fingerprint density at radius 3 is 1.93 bits per heavy atom. The summed E-state index contributed by atoms with van der Waals surface area (Å²) in [5.41, 5.74) is 1.66. The molecule has 1 aliphatic heterocycles. The van der Waals surface area contributed by atoms with Crippen LogP contribution in [0.15, 0.2) is 11.6 Å². The smallest absolute Gasteiger partial charge is 0.104 e. The van der Waals surface area contributed by atoms with Gasteiger partial charge in [-0.3, -0.25) is 0 Å². The van der Waals surface area contributed by atoms with Crippen molar-refractivity contribution < 1.29 is 4.74 Å². The van der Waals surface area contributed by atoms with Crippen molar-refractivity contribution in [3.63, 3.8) is 0 Å². The van der Waals surface area contributed by atoms with Crippen molar-refractivity contribution in [3.8, 4) is 0 Å². The second kappa shape index (κ2) is 6.51. The van der Waals surface area contributed by atoms with Crippen molar-refractivity contribution in [1.29, 1.82) is 0 Å². The van der Waals surface area contributed by atoms with E-state index in [1.807, 2.05) is 0 Å². The van der Waals surface area contributed by atoms with Gasteiger partial charge >= 0.3 is 0 Å². The van der Waals surface area contributed by atoms with Crippen molar-refractivity contribution in [2.45, 2.75) is 83.6 Å². The van der Waals surface area contributed by atoms with E-state index >= 15 is 0 Å². The predicted molar refractivity (Wildman–Crippen MR) is 163 cm³/mol. The molecule has 152 valence electrons. The van der Waals surface area contributed by atoms with Crippen LogP contribution in [0.3, 0.4) is 0 Å². The van der Waals surface area contributed by atoms with E-state index in [1.54, 1.807) is 5.57 Å². The number of ether oxygens (including phenoxy) is 1. The molecule has 1 spiro atoms. The summed E-state index contributed by atoms with van der Waals surface area (Å²) < 4.78 is 7.28. The van der Waals surface area contributed by atoms with Gasteiger partial charge in [0.25, 0.3) is 0 Å². The molecule has 30 heavy (non-hydrogen) atoms. The maximum Gasteiger partial charge on any atom is 0.104 e. The van der Waals surface area contributed by atoms with Crippen LogP contribution in [0.1, 0.15) is 46.5 Å². The molecular formula is C18H41B11O. The monoisotopic (exact) mass is 394 g/mol. The quantitative estimate of drug-likeness (QED) is 0.342. The van der Waals surface area contributed by atoms with Gasteiger partial charge < -0.3 is 4.74 Å². The molecule has 0 radical (unpaired) electrons. The Balaban J connectivity index is 2.25. The van der Waals surface area contributed by atoms with Crippen molar-refractivity contribution in [3.05, 3.63) is 11.6 Å². The molecule has 1 nitrogen and oxygen atoms in total. The van der Waals surface area contributed by atoms with Gasteiger partial charge in [-0.15, -0.1) is 10.3 Å². The lowest BCUT2D eigenvalue weighted by atomic mass is 9.07. The summed E-state index contributed by atoms with van der Waals surface area (Å²) in [6.07, 6.45) is 7.70. The minimum Gasteiger partial charge on any atom is -0.364 e. The summed E-state index contributed by atoms with van der Waals surface area (Å²) in [6, 6.07) is 0. The number of allylic oxidation sites excluding steroid dienone is 1. The lowest BCUT2D eigenvalue weighted by molar-refractivity contribution is -0.134. The zero-order chi connectivity index (χ0) is 23.4. The van der Waals surface area contributed by atoms with Crippen LogP contribution in [-0.2, 0) is 4.74 Å². The van der Waals surface area contributed by atoms with E-state index in [9.17, 15) is 0 Å². The first-order valence-electron chi connectivity index (χ1n) is 12.5. The summed E-state index contributed by atoms with van der Waals surface area (Å²) in [5, 5.41) is 0.685. The maximum atomic E-state index is 7.28. The van der Waals surface area contributed by atoms with Crippen molar-refractivity contribution in [2.75, 3.05) is 0 Å². The zero-order valence-electron chi connectivity index (χ0n) is 22.9. The Morgan fingerprint density at radius 2 is 1.43 bits per heavy atom. The van der Waals surface area contributed by atoms with Crippen LogP contribution in [0.2, 0.25) is 26.0 Å². The highest BCUT2D eigenvalue weighted by Gasteiger charge is 2.69. The van der Waals surface area contributed by atoms with Gasteiger partial charge in [0, 0.05) is 0 Å². The average molecular weight is 392 g/mol. The van der Waals surface area contributed by atoms with Crippen molar-refractivity contribution >= 4 is 86.3 Å². The van der Waals surface area contributed by atoms with Gasteiger partial charge in [0.2, 0.25) is 0 Å². The maximum absolute atomic E-state index is 7.28. The van der Waals surface area contributed by atoms with Gasteiger partial charge in [0.05, 0.1) is 66.1 Å². The van der Waals surface area contributed by atoms with E-state index in [2.05, 4.69) is 113 Å². The molecule has 3 atom stereocenters. The van der Waals surface area contributed by atoms with Gasteiger partial charge in [-0.05, 0) is 50.9 Å². The van der Waals surface area contributed by atoms with E-state index in [0.29, 0.717) is 5.92 Å². The van der Waals surface area contributed by atoms with E-state index < -0.39 is 0 Å². The van der Waals surface area contributed by atoms with Gasteiger partial charge in [-0.2, -0.15) is 0 Å². The average Bonchev–Trinajstić information content (AvgIpc) is 2.75. The lowest BCUT2D eigenvalue weighted by Crippen LogP contribution is -2.60. The summed E-state index contributed by atoms with van der Waals surface area (Å²) >= 11 is 0. The van der Waals surface area contributed by atoms with Gasteiger partial charge in [-0.25, -0.2) is 0 Å². The van der Waals surface area contributed by atoms with Crippen LogP contribution in [-0.4, -0.2) is 97.5 Å². The van der Waals surface area contributed by atoms with Crippen LogP contribution < -0.4 is 0 Å². The van der Waals surface area contributed by atoms with Gasteiger partial charge in [-0.1, -0.05) is 34.2 Å². The third-order valence-electron chi connectivity index (χ3n) is 11.5. The molecule has 0 aromatic heterocycles. The molecule has 1 saturated carbocycles. The van der Waals surface area contributed by atoms with Gasteiger partial charge in [0.15, 0.2) is 0 Å². The number of rotatable bonds is 4. The van der Waals surface area contributed by atoms with Crippen LogP contribution in [0.4, 0.5) is 0 Å². The molecule has 0 aromatic rings. The standard InChI is InChI=1S/C18H41B11O/c1-11(2)9-4-5-12(3)8-13(19,20)7-10(14(12,6-9)30-11)15(21,22)16(23,24)17(25,26)18(27,28)29/h7,9H,4-6,8,19-29H2,1-3H3/t9-,12-,14+/m1/s1. The molecule has 0 aromatic carbocycles.